The number of amides is 4. The van der Waals surface area contributed by atoms with Gasteiger partial charge in [0.25, 0.3) is 11.8 Å². The lowest BCUT2D eigenvalue weighted by Crippen LogP contribution is -2.71. The summed E-state index contributed by atoms with van der Waals surface area (Å²) < 4.78 is 0. The zero-order valence-electron chi connectivity index (χ0n) is 22.1. The second-order valence-electron chi connectivity index (χ2n) is 10.1. The first kappa shape index (κ1) is 28.6. The fraction of sp³-hybridized carbons (Fsp3) is 0.458. The van der Waals surface area contributed by atoms with E-state index in [1.165, 1.54) is 22.0 Å². The van der Waals surface area contributed by atoms with Crippen molar-refractivity contribution in [2.75, 3.05) is 38.7 Å². The van der Waals surface area contributed by atoms with Crippen LogP contribution in [0.15, 0.2) is 33.5 Å². The van der Waals surface area contributed by atoms with Crippen LogP contribution in [0.2, 0.25) is 0 Å². The average molecular weight is 605 g/mol. The minimum absolute atomic E-state index is 0.0379. The SMILES string of the molecule is CN(C)C(=O)[C@@H]1C[C@H](N2CCC(=CC3=C(C(=O)O)N4C(=O)[C@@H](NC(=O)C(=NO)c5csc(N)n5)[C@H]4SC3)C2=O)CN1. The molecular formula is C24H28N8O7S2. The van der Waals surface area contributed by atoms with Crippen molar-refractivity contribution in [3.05, 3.63) is 34.0 Å². The van der Waals surface area contributed by atoms with Crippen molar-refractivity contribution in [2.45, 2.75) is 36.3 Å². The fourth-order valence-electron chi connectivity index (χ4n) is 5.35. The number of likely N-dealkylation sites (tertiary alicyclic amines) is 1. The number of β-lactam (4-membered cyclic amide) rings is 1. The number of thiazole rings is 1. The number of carbonyl (C=O) groups excluding carboxylic acids is 4. The highest BCUT2D eigenvalue weighted by molar-refractivity contribution is 8.00. The van der Waals surface area contributed by atoms with Gasteiger partial charge >= 0.3 is 5.97 Å². The van der Waals surface area contributed by atoms with Crippen LogP contribution < -0.4 is 16.4 Å². The van der Waals surface area contributed by atoms with E-state index in [4.69, 9.17) is 5.73 Å². The third-order valence-corrected chi connectivity index (χ3v) is 9.34. The molecule has 4 aliphatic rings. The number of oxime groups is 1. The number of hydrogen-bond acceptors (Lipinski definition) is 12. The molecule has 1 aromatic heterocycles. The molecule has 15 nitrogen and oxygen atoms in total. The molecule has 3 saturated heterocycles. The molecule has 4 atom stereocenters. The molecule has 218 valence electrons. The topological polar surface area (TPSA) is 211 Å². The van der Waals surface area contributed by atoms with E-state index < -0.39 is 34.9 Å². The lowest BCUT2D eigenvalue weighted by atomic mass is 10.0. The Morgan fingerprint density at radius 1 is 1.32 bits per heavy atom. The molecule has 5 heterocycles. The molecule has 17 heteroatoms. The number of allylic oxidation sites excluding steroid dienone is 1. The maximum atomic E-state index is 13.2. The van der Waals surface area contributed by atoms with Crippen LogP contribution >= 0.6 is 23.1 Å². The Balaban J connectivity index is 1.29. The highest BCUT2D eigenvalue weighted by Crippen LogP contribution is 2.41. The monoisotopic (exact) mass is 604 g/mol. The third kappa shape index (κ3) is 5.15. The zero-order chi connectivity index (χ0) is 29.6. The molecule has 0 bridgehead atoms. The minimum atomic E-state index is -1.33. The molecule has 0 radical (unpaired) electrons. The summed E-state index contributed by atoms with van der Waals surface area (Å²) in [6.07, 6.45) is 2.44. The van der Waals surface area contributed by atoms with Gasteiger partial charge in [-0.3, -0.25) is 24.1 Å². The van der Waals surface area contributed by atoms with Crippen LogP contribution in [-0.4, -0.2) is 122 Å². The van der Waals surface area contributed by atoms with E-state index in [2.05, 4.69) is 20.8 Å². The standard InChI is InChI=1S/C24H28N8O7S2/c1-30(2)20(35)13-6-12(7-26-13)31-4-3-10(19(31)34)5-11-8-40-22-16(21(36)32(22)17(11)23(37)38)28-18(33)15(29-39)14-9-41-24(25)27-14/h5,9,12-13,16,22,26,39H,3-4,6-8H2,1-2H3,(H2,25,27)(H,28,33)(H,37,38)/t12-,13-,16+,22+/m0/s1. The van der Waals surface area contributed by atoms with Crippen molar-refractivity contribution in [1.82, 2.24) is 30.3 Å². The summed E-state index contributed by atoms with van der Waals surface area (Å²) in [4.78, 5) is 71.8. The molecule has 6 N–H and O–H groups in total. The van der Waals surface area contributed by atoms with Gasteiger partial charge in [0, 0.05) is 49.9 Å². The van der Waals surface area contributed by atoms with E-state index in [1.54, 1.807) is 25.1 Å². The number of thioether (sulfide) groups is 1. The molecular weight excluding hydrogens is 576 g/mol. The number of aromatic nitrogens is 1. The number of nitrogens with two attached hydrogens (primary N) is 1. The number of likely N-dealkylation sites (N-methyl/N-ethyl adjacent to an activating group) is 1. The summed E-state index contributed by atoms with van der Waals surface area (Å²) in [6.45, 7) is 0.930. The second kappa shape index (κ2) is 11.1. The summed E-state index contributed by atoms with van der Waals surface area (Å²) in [6, 6.07) is -1.58. The number of aliphatic carboxylic acids is 1. The lowest BCUT2D eigenvalue weighted by Gasteiger charge is -2.49. The van der Waals surface area contributed by atoms with E-state index in [0.29, 0.717) is 37.1 Å². The first-order valence-electron chi connectivity index (χ1n) is 12.6. The van der Waals surface area contributed by atoms with Crippen molar-refractivity contribution in [1.29, 1.82) is 0 Å². The van der Waals surface area contributed by atoms with E-state index >= 15 is 0 Å². The summed E-state index contributed by atoms with van der Waals surface area (Å²) in [5, 5.41) is 28.8. The predicted molar refractivity (Wildman–Crippen MR) is 148 cm³/mol. The average Bonchev–Trinajstić information content (AvgIpc) is 3.67. The van der Waals surface area contributed by atoms with Gasteiger partial charge in [0.1, 0.15) is 22.8 Å². The Bertz CT molecular complexity index is 1420. The van der Waals surface area contributed by atoms with E-state index in [1.807, 2.05) is 0 Å². The fourth-order valence-corrected chi connectivity index (χ4v) is 7.21. The molecule has 4 aliphatic heterocycles. The first-order chi connectivity index (χ1) is 19.5. The highest BCUT2D eigenvalue weighted by atomic mass is 32.2. The molecule has 0 saturated carbocycles. The molecule has 0 aromatic carbocycles. The Morgan fingerprint density at radius 2 is 2.07 bits per heavy atom. The molecule has 0 aliphatic carbocycles. The minimum Gasteiger partial charge on any atom is -0.477 e. The van der Waals surface area contributed by atoms with E-state index in [0.717, 1.165) is 16.2 Å². The van der Waals surface area contributed by atoms with Crippen LogP contribution in [0.1, 0.15) is 18.5 Å². The highest BCUT2D eigenvalue weighted by Gasteiger charge is 2.54. The quantitative estimate of drug-likeness (QED) is 0.0805. The number of anilines is 1. The van der Waals surface area contributed by atoms with Gasteiger partial charge in [0.2, 0.25) is 11.8 Å². The van der Waals surface area contributed by atoms with Crippen molar-refractivity contribution < 1.29 is 34.3 Å². The van der Waals surface area contributed by atoms with Crippen LogP contribution in [-0.2, 0) is 24.0 Å². The van der Waals surface area contributed by atoms with Gasteiger partial charge in [-0.05, 0) is 24.5 Å². The van der Waals surface area contributed by atoms with Gasteiger partial charge < -0.3 is 36.5 Å². The Morgan fingerprint density at radius 3 is 2.71 bits per heavy atom. The summed E-state index contributed by atoms with van der Waals surface area (Å²) in [7, 11) is 3.36. The first-order valence-corrected chi connectivity index (χ1v) is 14.6. The number of nitrogens with zero attached hydrogens (tertiary/aromatic N) is 5. The van der Waals surface area contributed by atoms with Crippen LogP contribution in [0, 0.1) is 0 Å². The number of carboxylic acid groups (broad SMARTS) is 1. The number of rotatable bonds is 7. The van der Waals surface area contributed by atoms with Gasteiger partial charge in [0.05, 0.1) is 6.04 Å². The second-order valence-corrected chi connectivity index (χ2v) is 12.1. The smallest absolute Gasteiger partial charge is 0.352 e. The molecule has 5 rings (SSSR count). The van der Waals surface area contributed by atoms with E-state index in [9.17, 15) is 34.3 Å². The van der Waals surface area contributed by atoms with Crippen molar-refractivity contribution in [2.24, 2.45) is 5.16 Å². The van der Waals surface area contributed by atoms with Crippen LogP contribution in [0.25, 0.3) is 0 Å². The van der Waals surface area contributed by atoms with Crippen molar-refractivity contribution >= 4 is 63.5 Å². The van der Waals surface area contributed by atoms with Gasteiger partial charge in [0.15, 0.2) is 10.8 Å². The maximum Gasteiger partial charge on any atom is 0.352 e. The Hall–Kier alpha value is -3.96. The number of carboxylic acids is 1. The molecule has 1 aromatic rings. The van der Waals surface area contributed by atoms with Crippen LogP contribution in [0.5, 0.6) is 0 Å². The summed E-state index contributed by atoms with van der Waals surface area (Å²) >= 11 is 2.29. The number of nitrogen functional groups attached to an aromatic ring is 1. The molecule has 0 unspecified atom stereocenters. The van der Waals surface area contributed by atoms with Crippen LogP contribution in [0.3, 0.4) is 0 Å². The predicted octanol–water partition coefficient (Wildman–Crippen LogP) is -1.38. The molecule has 3 fully saturated rings. The zero-order valence-corrected chi connectivity index (χ0v) is 23.7. The molecule has 41 heavy (non-hydrogen) atoms. The van der Waals surface area contributed by atoms with Crippen molar-refractivity contribution in [3.8, 4) is 0 Å². The Kier molecular flexibility index (Phi) is 7.76. The van der Waals surface area contributed by atoms with E-state index in [-0.39, 0.29) is 46.2 Å². The lowest BCUT2D eigenvalue weighted by molar-refractivity contribution is -0.150. The normalized spacial score (nSPS) is 27.3. The van der Waals surface area contributed by atoms with Gasteiger partial charge in [-0.1, -0.05) is 5.16 Å². The number of fused-ring (bicyclic) bond motifs is 1. The number of hydrogen-bond donors (Lipinski definition) is 5. The van der Waals surface area contributed by atoms with Crippen molar-refractivity contribution in [3.63, 3.8) is 0 Å². The summed E-state index contributed by atoms with van der Waals surface area (Å²) in [5.41, 5.74) is 5.70. The number of nitrogens with one attached hydrogen (secondary N) is 2. The van der Waals surface area contributed by atoms with Gasteiger partial charge in [-0.25, -0.2) is 9.78 Å². The molecule has 4 amide bonds. The van der Waals surface area contributed by atoms with Gasteiger partial charge in [-0.2, -0.15) is 0 Å². The largest absolute Gasteiger partial charge is 0.477 e. The van der Waals surface area contributed by atoms with Gasteiger partial charge in [-0.15, -0.1) is 23.1 Å². The van der Waals surface area contributed by atoms with Crippen LogP contribution in [0.4, 0.5) is 5.13 Å². The third-order valence-electron chi connectivity index (χ3n) is 7.36. The molecule has 0 spiro atoms. The summed E-state index contributed by atoms with van der Waals surface area (Å²) in [5.74, 6) is -2.93. The maximum absolute atomic E-state index is 13.2. The number of carbonyl (C=O) groups is 5. The Labute approximate surface area is 242 Å².